The molecule has 3 heteroatoms. The molecule has 0 saturated heterocycles. The van der Waals surface area contributed by atoms with Crippen molar-refractivity contribution in [3.8, 4) is 0 Å². The van der Waals surface area contributed by atoms with E-state index in [1.165, 1.54) is 0 Å². The van der Waals surface area contributed by atoms with Gasteiger partial charge >= 0.3 is 0 Å². The van der Waals surface area contributed by atoms with Crippen LogP contribution in [0.2, 0.25) is 0 Å². The van der Waals surface area contributed by atoms with Gasteiger partial charge in [0.2, 0.25) is 0 Å². The second kappa shape index (κ2) is 6.35. The molecule has 0 saturated carbocycles. The molecule has 13 heavy (non-hydrogen) atoms. The van der Waals surface area contributed by atoms with Crippen LogP contribution in [0.15, 0.2) is 0 Å². The van der Waals surface area contributed by atoms with Gasteiger partial charge in [-0.15, -0.1) is 0 Å². The summed E-state index contributed by atoms with van der Waals surface area (Å²) in [5.74, 6) is 0.652. The lowest BCUT2D eigenvalue weighted by atomic mass is 10.0. The van der Waals surface area contributed by atoms with E-state index >= 15 is 0 Å². The number of aliphatic hydroxyl groups is 2. The minimum Gasteiger partial charge on any atom is -0.395 e. The molecule has 0 amide bonds. The standard InChI is InChI=1S/C10H23NO2/c1-7(2)10(6-12)11-5-8(3)9(4)13/h7-13H,5-6H2,1-4H3/t8?,9-,10?/m0/s1. The number of hydrogen-bond acceptors (Lipinski definition) is 3. The van der Waals surface area contributed by atoms with Gasteiger partial charge in [0.25, 0.3) is 0 Å². The van der Waals surface area contributed by atoms with Crippen LogP contribution in [-0.2, 0) is 0 Å². The zero-order valence-corrected chi connectivity index (χ0v) is 9.12. The summed E-state index contributed by atoms with van der Waals surface area (Å²) in [5.41, 5.74) is 0. The zero-order chi connectivity index (χ0) is 10.4. The van der Waals surface area contributed by atoms with Crippen LogP contribution in [0.4, 0.5) is 0 Å². The molecule has 0 aromatic heterocycles. The highest BCUT2D eigenvalue weighted by Crippen LogP contribution is 2.04. The molecule has 0 rings (SSSR count). The predicted octanol–water partition coefficient (Wildman–Crippen LogP) is 0.610. The van der Waals surface area contributed by atoms with Crippen LogP contribution in [0.3, 0.4) is 0 Å². The minimum absolute atomic E-state index is 0.140. The molecule has 80 valence electrons. The molecule has 0 bridgehead atoms. The van der Waals surface area contributed by atoms with Gasteiger partial charge in [0.1, 0.15) is 0 Å². The summed E-state index contributed by atoms with van der Waals surface area (Å²) in [4.78, 5) is 0. The first kappa shape index (κ1) is 12.9. The van der Waals surface area contributed by atoms with Crippen LogP contribution in [-0.4, -0.2) is 35.5 Å². The SMILES string of the molecule is CC(C)C(CO)NCC(C)[C@H](C)O. The summed E-state index contributed by atoms with van der Waals surface area (Å²) in [6.45, 7) is 8.83. The van der Waals surface area contributed by atoms with E-state index in [0.29, 0.717) is 5.92 Å². The zero-order valence-electron chi connectivity index (χ0n) is 9.12. The maximum absolute atomic E-state index is 9.24. The van der Waals surface area contributed by atoms with Gasteiger partial charge < -0.3 is 15.5 Å². The molecule has 0 aromatic rings. The molecule has 0 aliphatic rings. The van der Waals surface area contributed by atoms with Crippen LogP contribution < -0.4 is 5.32 Å². The second-order valence-electron chi connectivity index (χ2n) is 4.16. The molecule has 0 aliphatic heterocycles. The van der Waals surface area contributed by atoms with Crippen molar-refractivity contribution >= 4 is 0 Å². The molecular weight excluding hydrogens is 166 g/mol. The fourth-order valence-corrected chi connectivity index (χ4v) is 1.02. The van der Waals surface area contributed by atoms with E-state index in [4.69, 9.17) is 5.11 Å². The number of rotatable bonds is 6. The van der Waals surface area contributed by atoms with Crippen molar-refractivity contribution in [2.75, 3.05) is 13.2 Å². The summed E-state index contributed by atoms with van der Waals surface area (Å²) in [6.07, 6.45) is -0.293. The van der Waals surface area contributed by atoms with E-state index in [1.54, 1.807) is 6.92 Å². The van der Waals surface area contributed by atoms with Gasteiger partial charge in [0.15, 0.2) is 0 Å². The quantitative estimate of drug-likeness (QED) is 0.574. The Morgan fingerprint density at radius 2 is 1.69 bits per heavy atom. The normalized spacial score (nSPS) is 18.7. The highest BCUT2D eigenvalue weighted by atomic mass is 16.3. The highest BCUT2D eigenvalue weighted by molar-refractivity contribution is 4.72. The van der Waals surface area contributed by atoms with Crippen LogP contribution in [0.5, 0.6) is 0 Å². The van der Waals surface area contributed by atoms with E-state index in [0.717, 1.165) is 6.54 Å². The third kappa shape index (κ3) is 5.24. The first-order valence-corrected chi connectivity index (χ1v) is 5.01. The largest absolute Gasteiger partial charge is 0.395 e. The van der Waals surface area contributed by atoms with Crippen LogP contribution in [0, 0.1) is 11.8 Å². The van der Waals surface area contributed by atoms with Crippen LogP contribution >= 0.6 is 0 Å². The van der Waals surface area contributed by atoms with Gasteiger partial charge in [-0.05, 0) is 18.8 Å². The van der Waals surface area contributed by atoms with E-state index < -0.39 is 0 Å². The summed E-state index contributed by atoms with van der Waals surface area (Å²) in [5, 5.41) is 21.5. The number of hydrogen-bond donors (Lipinski definition) is 3. The van der Waals surface area contributed by atoms with Crippen molar-refractivity contribution in [3.63, 3.8) is 0 Å². The van der Waals surface area contributed by atoms with Gasteiger partial charge in [-0.2, -0.15) is 0 Å². The van der Waals surface area contributed by atoms with Gasteiger partial charge in [-0.3, -0.25) is 0 Å². The van der Waals surface area contributed by atoms with E-state index in [9.17, 15) is 5.11 Å². The Hall–Kier alpha value is -0.120. The minimum atomic E-state index is -0.293. The lowest BCUT2D eigenvalue weighted by molar-refractivity contribution is 0.124. The molecule has 3 N–H and O–H groups in total. The average molecular weight is 189 g/mol. The Morgan fingerprint density at radius 3 is 2.00 bits per heavy atom. The third-order valence-electron chi connectivity index (χ3n) is 2.53. The van der Waals surface area contributed by atoms with Crippen molar-refractivity contribution < 1.29 is 10.2 Å². The predicted molar refractivity (Wildman–Crippen MR) is 54.6 cm³/mol. The van der Waals surface area contributed by atoms with E-state index in [2.05, 4.69) is 19.2 Å². The van der Waals surface area contributed by atoms with E-state index in [-0.39, 0.29) is 24.7 Å². The van der Waals surface area contributed by atoms with Crippen LogP contribution in [0.1, 0.15) is 27.7 Å². The molecule has 0 heterocycles. The molecule has 0 spiro atoms. The number of aliphatic hydroxyl groups excluding tert-OH is 2. The summed E-state index contributed by atoms with van der Waals surface area (Å²) < 4.78 is 0. The Labute approximate surface area is 81.2 Å². The Kier molecular flexibility index (Phi) is 6.29. The summed E-state index contributed by atoms with van der Waals surface area (Å²) in [7, 11) is 0. The molecule has 3 atom stereocenters. The monoisotopic (exact) mass is 189 g/mol. The molecule has 0 aliphatic carbocycles. The second-order valence-corrected chi connectivity index (χ2v) is 4.16. The Morgan fingerprint density at radius 1 is 1.15 bits per heavy atom. The molecule has 0 aromatic carbocycles. The number of nitrogens with one attached hydrogen (secondary N) is 1. The highest BCUT2D eigenvalue weighted by Gasteiger charge is 2.14. The lowest BCUT2D eigenvalue weighted by Gasteiger charge is -2.23. The molecule has 2 unspecified atom stereocenters. The maximum Gasteiger partial charge on any atom is 0.0587 e. The smallest absolute Gasteiger partial charge is 0.0587 e. The molecule has 0 radical (unpaired) electrons. The van der Waals surface area contributed by atoms with Crippen LogP contribution in [0.25, 0.3) is 0 Å². The molecule has 3 nitrogen and oxygen atoms in total. The van der Waals surface area contributed by atoms with Gasteiger partial charge in [-0.25, -0.2) is 0 Å². The summed E-state index contributed by atoms with van der Waals surface area (Å²) in [6, 6.07) is 0.140. The molecular formula is C10H23NO2. The van der Waals surface area contributed by atoms with Gasteiger partial charge in [0.05, 0.1) is 12.7 Å². The van der Waals surface area contributed by atoms with Crippen molar-refractivity contribution in [1.29, 1.82) is 0 Å². The van der Waals surface area contributed by atoms with Gasteiger partial charge in [0, 0.05) is 12.6 Å². The van der Waals surface area contributed by atoms with E-state index in [1.807, 2.05) is 6.92 Å². The van der Waals surface area contributed by atoms with Crippen molar-refractivity contribution in [3.05, 3.63) is 0 Å². The summed E-state index contributed by atoms with van der Waals surface area (Å²) >= 11 is 0. The maximum atomic E-state index is 9.24. The van der Waals surface area contributed by atoms with Crippen molar-refractivity contribution in [2.45, 2.75) is 39.8 Å². The van der Waals surface area contributed by atoms with Crippen molar-refractivity contribution in [2.24, 2.45) is 11.8 Å². The first-order chi connectivity index (χ1) is 5.99. The van der Waals surface area contributed by atoms with Gasteiger partial charge in [-0.1, -0.05) is 20.8 Å². The Balaban J connectivity index is 3.72. The molecule has 0 fully saturated rings. The lowest BCUT2D eigenvalue weighted by Crippen LogP contribution is -2.41. The fourth-order valence-electron chi connectivity index (χ4n) is 1.02. The average Bonchev–Trinajstić information content (AvgIpc) is 2.04. The fraction of sp³-hybridized carbons (Fsp3) is 1.00. The first-order valence-electron chi connectivity index (χ1n) is 5.01. The van der Waals surface area contributed by atoms with Crippen molar-refractivity contribution in [1.82, 2.24) is 5.32 Å². The Bertz CT molecular complexity index is 126. The third-order valence-corrected chi connectivity index (χ3v) is 2.53. The topological polar surface area (TPSA) is 52.5 Å².